The number of nitrogens with one attached hydrogen (secondary N) is 2. The smallest absolute Gasteiger partial charge is 0.271 e. The van der Waals surface area contributed by atoms with Gasteiger partial charge in [0, 0.05) is 0 Å². The Hall–Kier alpha value is -2.83. The first-order chi connectivity index (χ1) is 9.33. The largest absolute Gasteiger partial charge is 0.343 e. The van der Waals surface area contributed by atoms with Gasteiger partial charge in [0.05, 0.1) is 23.8 Å². The SMILES string of the molecule is O=C(NCc1ncn[nH]1)c1cnc2ccccc2n1. The second-order valence-electron chi connectivity index (χ2n) is 3.86. The fourth-order valence-corrected chi connectivity index (χ4v) is 1.64. The monoisotopic (exact) mass is 254 g/mol. The van der Waals surface area contributed by atoms with Gasteiger partial charge in [-0.2, -0.15) is 5.10 Å². The molecule has 0 aliphatic carbocycles. The molecule has 2 heterocycles. The average Bonchev–Trinajstić information content (AvgIpc) is 2.97. The molecular formula is C12H10N6O. The lowest BCUT2D eigenvalue weighted by atomic mass is 10.3. The predicted molar refractivity (Wildman–Crippen MR) is 67.1 cm³/mol. The molecule has 0 saturated heterocycles. The molecule has 7 nitrogen and oxygen atoms in total. The van der Waals surface area contributed by atoms with Crippen LogP contribution in [0.2, 0.25) is 0 Å². The number of aromatic nitrogens is 5. The molecule has 3 aromatic rings. The van der Waals surface area contributed by atoms with Gasteiger partial charge in [-0.15, -0.1) is 0 Å². The Morgan fingerprint density at radius 3 is 2.84 bits per heavy atom. The molecule has 1 amide bonds. The number of fused-ring (bicyclic) bond motifs is 1. The number of hydrogen-bond donors (Lipinski definition) is 2. The van der Waals surface area contributed by atoms with Gasteiger partial charge >= 0.3 is 0 Å². The maximum absolute atomic E-state index is 11.9. The molecule has 0 spiro atoms. The zero-order valence-electron chi connectivity index (χ0n) is 9.87. The van der Waals surface area contributed by atoms with Crippen LogP contribution in [0.3, 0.4) is 0 Å². The van der Waals surface area contributed by atoms with Crippen LogP contribution < -0.4 is 5.32 Å². The van der Waals surface area contributed by atoms with Crippen LogP contribution in [-0.2, 0) is 6.54 Å². The highest BCUT2D eigenvalue weighted by Gasteiger charge is 2.09. The number of amides is 1. The topological polar surface area (TPSA) is 96.5 Å². The zero-order valence-corrected chi connectivity index (χ0v) is 9.87. The van der Waals surface area contributed by atoms with E-state index < -0.39 is 0 Å². The summed E-state index contributed by atoms with van der Waals surface area (Å²) in [6.07, 6.45) is 2.84. The maximum atomic E-state index is 11.9. The second-order valence-corrected chi connectivity index (χ2v) is 3.86. The molecule has 0 unspecified atom stereocenters. The number of carbonyl (C=O) groups is 1. The molecule has 7 heteroatoms. The van der Waals surface area contributed by atoms with E-state index >= 15 is 0 Å². The normalized spacial score (nSPS) is 10.5. The molecule has 2 N–H and O–H groups in total. The quantitative estimate of drug-likeness (QED) is 0.716. The summed E-state index contributed by atoms with van der Waals surface area (Å²) >= 11 is 0. The van der Waals surface area contributed by atoms with Gasteiger partial charge in [0.25, 0.3) is 5.91 Å². The number of hydrogen-bond acceptors (Lipinski definition) is 5. The molecule has 94 valence electrons. The fourth-order valence-electron chi connectivity index (χ4n) is 1.64. The van der Waals surface area contributed by atoms with E-state index in [0.29, 0.717) is 11.3 Å². The molecule has 1 aromatic carbocycles. The van der Waals surface area contributed by atoms with Crippen LogP contribution >= 0.6 is 0 Å². The number of rotatable bonds is 3. The molecule has 0 saturated carbocycles. The van der Waals surface area contributed by atoms with Crippen molar-refractivity contribution in [3.8, 4) is 0 Å². The highest BCUT2D eigenvalue weighted by atomic mass is 16.1. The molecule has 0 fully saturated rings. The number of carbonyl (C=O) groups excluding carboxylic acids is 1. The van der Waals surface area contributed by atoms with Crippen molar-refractivity contribution in [3.63, 3.8) is 0 Å². The molecular weight excluding hydrogens is 244 g/mol. The van der Waals surface area contributed by atoms with Crippen molar-refractivity contribution >= 4 is 16.9 Å². The van der Waals surface area contributed by atoms with Gasteiger partial charge in [-0.05, 0) is 12.1 Å². The number of aromatic amines is 1. The van der Waals surface area contributed by atoms with E-state index in [9.17, 15) is 4.79 Å². The third kappa shape index (κ3) is 2.39. The minimum Gasteiger partial charge on any atom is -0.343 e. The van der Waals surface area contributed by atoms with Gasteiger partial charge in [-0.25, -0.2) is 9.97 Å². The summed E-state index contributed by atoms with van der Waals surface area (Å²) < 4.78 is 0. The number of benzene rings is 1. The van der Waals surface area contributed by atoms with Crippen LogP contribution in [0.5, 0.6) is 0 Å². The number of nitrogens with zero attached hydrogens (tertiary/aromatic N) is 4. The maximum Gasteiger partial charge on any atom is 0.271 e. The van der Waals surface area contributed by atoms with Crippen LogP contribution in [0.1, 0.15) is 16.3 Å². The lowest BCUT2D eigenvalue weighted by molar-refractivity contribution is 0.0945. The van der Waals surface area contributed by atoms with Crippen LogP contribution in [0.15, 0.2) is 36.8 Å². The minimum absolute atomic E-state index is 0.271. The van der Waals surface area contributed by atoms with Crippen molar-refractivity contribution in [2.45, 2.75) is 6.54 Å². The Balaban J connectivity index is 1.77. The van der Waals surface area contributed by atoms with E-state index in [1.54, 1.807) is 0 Å². The van der Waals surface area contributed by atoms with Gasteiger partial charge in [-0.1, -0.05) is 12.1 Å². The summed E-state index contributed by atoms with van der Waals surface area (Å²) in [4.78, 5) is 24.3. The third-order valence-corrected chi connectivity index (χ3v) is 2.56. The van der Waals surface area contributed by atoms with Crippen LogP contribution in [-0.4, -0.2) is 31.1 Å². The lowest BCUT2D eigenvalue weighted by Gasteiger charge is -2.03. The highest BCUT2D eigenvalue weighted by molar-refractivity contribution is 5.93. The highest BCUT2D eigenvalue weighted by Crippen LogP contribution is 2.08. The molecule has 3 rings (SSSR count). The van der Waals surface area contributed by atoms with E-state index in [-0.39, 0.29) is 18.1 Å². The fraction of sp³-hybridized carbons (Fsp3) is 0.0833. The molecule has 2 aromatic heterocycles. The summed E-state index contributed by atoms with van der Waals surface area (Å²) in [5.41, 5.74) is 1.72. The van der Waals surface area contributed by atoms with E-state index in [0.717, 1.165) is 5.52 Å². The van der Waals surface area contributed by atoms with Crippen molar-refractivity contribution in [3.05, 3.63) is 48.3 Å². The van der Waals surface area contributed by atoms with E-state index in [1.807, 2.05) is 24.3 Å². The average molecular weight is 254 g/mol. The first-order valence-corrected chi connectivity index (χ1v) is 5.67. The summed E-state index contributed by atoms with van der Waals surface area (Å²) in [5, 5.41) is 9.05. The van der Waals surface area contributed by atoms with Crippen molar-refractivity contribution in [2.24, 2.45) is 0 Å². The third-order valence-electron chi connectivity index (χ3n) is 2.56. The molecule has 0 aliphatic heterocycles. The van der Waals surface area contributed by atoms with Crippen LogP contribution in [0.4, 0.5) is 0 Å². The summed E-state index contributed by atoms with van der Waals surface area (Å²) in [7, 11) is 0. The van der Waals surface area contributed by atoms with E-state index in [1.165, 1.54) is 12.5 Å². The lowest BCUT2D eigenvalue weighted by Crippen LogP contribution is -2.24. The van der Waals surface area contributed by atoms with E-state index in [2.05, 4.69) is 30.5 Å². The Kier molecular flexibility index (Phi) is 2.85. The van der Waals surface area contributed by atoms with Gasteiger partial charge in [0.2, 0.25) is 0 Å². The second kappa shape index (κ2) is 4.81. The minimum atomic E-state index is -0.297. The van der Waals surface area contributed by atoms with Crippen molar-refractivity contribution < 1.29 is 4.79 Å². The van der Waals surface area contributed by atoms with Gasteiger partial charge in [0.1, 0.15) is 17.8 Å². The molecule has 0 atom stereocenters. The molecule has 0 radical (unpaired) electrons. The van der Waals surface area contributed by atoms with Gasteiger partial charge in [-0.3, -0.25) is 14.9 Å². The predicted octanol–water partition coefficient (Wildman–Crippen LogP) is 0.678. The Bertz CT molecular complexity index is 709. The van der Waals surface area contributed by atoms with E-state index in [4.69, 9.17) is 0 Å². The molecule has 19 heavy (non-hydrogen) atoms. The van der Waals surface area contributed by atoms with Crippen LogP contribution in [0.25, 0.3) is 11.0 Å². The van der Waals surface area contributed by atoms with Gasteiger partial charge < -0.3 is 5.32 Å². The molecule has 0 bridgehead atoms. The first-order valence-electron chi connectivity index (χ1n) is 5.67. The first kappa shape index (κ1) is 11.3. The van der Waals surface area contributed by atoms with Crippen molar-refractivity contribution in [2.75, 3.05) is 0 Å². The van der Waals surface area contributed by atoms with Crippen LogP contribution in [0, 0.1) is 0 Å². The summed E-state index contributed by atoms with van der Waals surface area (Å²) in [6, 6.07) is 7.39. The Labute approximate surface area is 108 Å². The number of para-hydroxylation sites is 2. The molecule has 0 aliphatic rings. The van der Waals surface area contributed by atoms with Crippen molar-refractivity contribution in [1.82, 2.24) is 30.5 Å². The standard InChI is InChI=1S/C12H10N6O/c19-12(14-6-11-15-7-16-18-11)10-5-13-8-3-1-2-4-9(8)17-10/h1-5,7H,6H2,(H,14,19)(H,15,16,18). The van der Waals surface area contributed by atoms with Gasteiger partial charge in [0.15, 0.2) is 0 Å². The summed E-state index contributed by atoms with van der Waals surface area (Å²) in [5.74, 6) is 0.289. The zero-order chi connectivity index (χ0) is 13.1. The Morgan fingerprint density at radius 2 is 2.05 bits per heavy atom. The number of H-pyrrole nitrogens is 1. The summed E-state index contributed by atoms with van der Waals surface area (Å²) in [6.45, 7) is 0.271. The van der Waals surface area contributed by atoms with Crippen molar-refractivity contribution in [1.29, 1.82) is 0 Å². The Morgan fingerprint density at radius 1 is 1.21 bits per heavy atom.